The maximum absolute atomic E-state index is 5.53. The maximum atomic E-state index is 5.53. The first-order chi connectivity index (χ1) is 6.36. The Kier molecular flexibility index (Phi) is 2.83. The summed E-state index contributed by atoms with van der Waals surface area (Å²) in [5.41, 5.74) is 0. The van der Waals surface area contributed by atoms with Crippen molar-refractivity contribution in [3.63, 3.8) is 0 Å². The van der Waals surface area contributed by atoms with Gasteiger partial charge in [0.2, 0.25) is 5.88 Å². The zero-order valence-electron chi connectivity index (χ0n) is 7.37. The fourth-order valence-electron chi connectivity index (χ4n) is 1.21. The van der Waals surface area contributed by atoms with Crippen LogP contribution in [0.25, 0.3) is 0 Å². The Morgan fingerprint density at radius 1 is 1.54 bits per heavy atom. The summed E-state index contributed by atoms with van der Waals surface area (Å²) < 4.78 is 6.47. The van der Waals surface area contributed by atoms with Crippen molar-refractivity contribution in [2.45, 2.75) is 19.3 Å². The monoisotopic (exact) mass is 241 g/mol. The Balaban J connectivity index is 1.82. The lowest BCUT2D eigenvalue weighted by Crippen LogP contribution is -2.00. The minimum Gasteiger partial charge on any atom is -0.477 e. The molecule has 1 aliphatic rings. The van der Waals surface area contributed by atoms with Gasteiger partial charge in [-0.05, 0) is 40.4 Å². The van der Waals surface area contributed by atoms with Crippen LogP contribution in [0.2, 0.25) is 0 Å². The van der Waals surface area contributed by atoms with Gasteiger partial charge in [0.1, 0.15) is 0 Å². The molecule has 0 radical (unpaired) electrons. The zero-order chi connectivity index (χ0) is 9.10. The molecular formula is C10H12BrNO. The Labute approximate surface area is 86.5 Å². The van der Waals surface area contributed by atoms with E-state index in [0.29, 0.717) is 5.88 Å². The van der Waals surface area contributed by atoms with Gasteiger partial charge >= 0.3 is 0 Å². The molecule has 1 saturated carbocycles. The minimum absolute atomic E-state index is 0.711. The van der Waals surface area contributed by atoms with Crippen LogP contribution in [0.5, 0.6) is 5.88 Å². The van der Waals surface area contributed by atoms with E-state index in [1.54, 1.807) is 6.20 Å². The lowest BCUT2D eigenvalue weighted by Gasteiger charge is -2.05. The maximum Gasteiger partial charge on any atom is 0.227 e. The molecule has 0 aromatic carbocycles. The van der Waals surface area contributed by atoms with Gasteiger partial charge < -0.3 is 4.74 Å². The Hall–Kier alpha value is -0.570. The fraction of sp³-hybridized carbons (Fsp3) is 0.500. The third kappa shape index (κ3) is 2.69. The van der Waals surface area contributed by atoms with Crippen LogP contribution >= 0.6 is 15.9 Å². The highest BCUT2D eigenvalue weighted by molar-refractivity contribution is 9.10. The lowest BCUT2D eigenvalue weighted by molar-refractivity contribution is 0.289. The average Bonchev–Trinajstić information content (AvgIpc) is 2.92. The third-order valence-corrected chi connectivity index (χ3v) is 2.79. The van der Waals surface area contributed by atoms with Crippen molar-refractivity contribution >= 4 is 15.9 Å². The quantitative estimate of drug-likeness (QED) is 0.809. The van der Waals surface area contributed by atoms with Crippen molar-refractivity contribution in [3.8, 4) is 5.88 Å². The molecule has 0 aliphatic heterocycles. The first-order valence-electron chi connectivity index (χ1n) is 4.59. The van der Waals surface area contributed by atoms with Crippen molar-refractivity contribution in [1.29, 1.82) is 0 Å². The summed E-state index contributed by atoms with van der Waals surface area (Å²) in [6.45, 7) is 0.792. The van der Waals surface area contributed by atoms with Crippen LogP contribution < -0.4 is 4.74 Å². The van der Waals surface area contributed by atoms with Gasteiger partial charge in [-0.25, -0.2) is 4.98 Å². The predicted octanol–water partition coefficient (Wildman–Crippen LogP) is 3.02. The minimum atomic E-state index is 0.711. The van der Waals surface area contributed by atoms with E-state index in [9.17, 15) is 0 Å². The van der Waals surface area contributed by atoms with E-state index in [1.807, 2.05) is 12.1 Å². The zero-order valence-corrected chi connectivity index (χ0v) is 8.96. The van der Waals surface area contributed by atoms with E-state index in [1.165, 1.54) is 19.3 Å². The molecule has 0 N–H and O–H groups in total. The summed E-state index contributed by atoms with van der Waals surface area (Å²) in [6, 6.07) is 3.83. The summed E-state index contributed by atoms with van der Waals surface area (Å²) >= 11 is 3.39. The number of hydrogen-bond donors (Lipinski definition) is 0. The Morgan fingerprint density at radius 3 is 3.08 bits per heavy atom. The molecule has 1 fully saturated rings. The number of hydrogen-bond acceptors (Lipinski definition) is 2. The van der Waals surface area contributed by atoms with Crippen LogP contribution in [0.15, 0.2) is 22.8 Å². The van der Waals surface area contributed by atoms with E-state index >= 15 is 0 Å². The second-order valence-electron chi connectivity index (χ2n) is 3.37. The molecule has 0 saturated heterocycles. The van der Waals surface area contributed by atoms with Crippen LogP contribution in [0, 0.1) is 5.92 Å². The second kappa shape index (κ2) is 4.09. The van der Waals surface area contributed by atoms with Crippen LogP contribution in [0.3, 0.4) is 0 Å². The molecule has 2 rings (SSSR count). The summed E-state index contributed by atoms with van der Waals surface area (Å²) in [4.78, 5) is 4.13. The van der Waals surface area contributed by atoms with Crippen LogP contribution in [-0.4, -0.2) is 11.6 Å². The Morgan fingerprint density at radius 2 is 2.38 bits per heavy atom. The predicted molar refractivity (Wildman–Crippen MR) is 54.8 cm³/mol. The van der Waals surface area contributed by atoms with Gasteiger partial charge in [0.15, 0.2) is 0 Å². The summed E-state index contributed by atoms with van der Waals surface area (Å²) in [7, 11) is 0. The number of ether oxygens (including phenoxy) is 1. The number of aromatic nitrogens is 1. The molecule has 1 heterocycles. The summed E-state index contributed by atoms with van der Waals surface area (Å²) in [5, 5.41) is 0. The fourth-order valence-corrected chi connectivity index (χ4v) is 1.58. The Bertz CT molecular complexity index is 286. The molecule has 0 amide bonds. The van der Waals surface area contributed by atoms with Crippen molar-refractivity contribution < 1.29 is 4.74 Å². The van der Waals surface area contributed by atoms with Crippen molar-refractivity contribution in [3.05, 3.63) is 22.8 Å². The van der Waals surface area contributed by atoms with Gasteiger partial charge in [-0.2, -0.15) is 0 Å². The molecule has 1 aromatic heterocycles. The van der Waals surface area contributed by atoms with Gasteiger partial charge in [0, 0.05) is 6.20 Å². The molecule has 1 aromatic rings. The van der Waals surface area contributed by atoms with Gasteiger partial charge in [-0.3, -0.25) is 0 Å². The highest BCUT2D eigenvalue weighted by Crippen LogP contribution is 2.32. The molecule has 0 atom stereocenters. The number of nitrogens with zero attached hydrogens (tertiary/aromatic N) is 1. The topological polar surface area (TPSA) is 22.1 Å². The molecule has 70 valence electrons. The highest BCUT2D eigenvalue weighted by atomic mass is 79.9. The van der Waals surface area contributed by atoms with Gasteiger partial charge in [-0.15, -0.1) is 0 Å². The lowest BCUT2D eigenvalue weighted by atomic mass is 10.3. The first kappa shape index (κ1) is 9.00. The van der Waals surface area contributed by atoms with Crippen LogP contribution in [-0.2, 0) is 0 Å². The standard InChI is InChI=1S/C10H12BrNO/c11-9-2-1-6-12-10(9)13-7-5-8-3-4-8/h1-2,6,8H,3-5,7H2. The van der Waals surface area contributed by atoms with E-state index < -0.39 is 0 Å². The largest absolute Gasteiger partial charge is 0.477 e. The molecule has 0 bridgehead atoms. The molecular weight excluding hydrogens is 230 g/mol. The number of rotatable bonds is 4. The molecule has 3 heteroatoms. The van der Waals surface area contributed by atoms with E-state index in [2.05, 4.69) is 20.9 Å². The van der Waals surface area contributed by atoms with Crippen LogP contribution in [0.1, 0.15) is 19.3 Å². The van der Waals surface area contributed by atoms with E-state index in [4.69, 9.17) is 4.74 Å². The molecule has 2 nitrogen and oxygen atoms in total. The van der Waals surface area contributed by atoms with Gasteiger partial charge in [-0.1, -0.05) is 12.8 Å². The molecule has 1 aliphatic carbocycles. The van der Waals surface area contributed by atoms with E-state index in [0.717, 1.165) is 17.0 Å². The normalized spacial score (nSPS) is 15.8. The number of halogens is 1. The second-order valence-corrected chi connectivity index (χ2v) is 4.23. The van der Waals surface area contributed by atoms with Gasteiger partial charge in [0.05, 0.1) is 11.1 Å². The smallest absolute Gasteiger partial charge is 0.227 e. The highest BCUT2D eigenvalue weighted by Gasteiger charge is 2.20. The average molecular weight is 242 g/mol. The SMILES string of the molecule is Brc1cccnc1OCCC1CC1. The van der Waals surface area contributed by atoms with Crippen molar-refractivity contribution in [2.24, 2.45) is 5.92 Å². The van der Waals surface area contributed by atoms with Crippen LogP contribution in [0.4, 0.5) is 0 Å². The van der Waals surface area contributed by atoms with Crippen molar-refractivity contribution in [1.82, 2.24) is 4.98 Å². The molecule has 0 unspecified atom stereocenters. The molecule has 13 heavy (non-hydrogen) atoms. The van der Waals surface area contributed by atoms with E-state index in [-0.39, 0.29) is 0 Å². The van der Waals surface area contributed by atoms with Crippen molar-refractivity contribution in [2.75, 3.05) is 6.61 Å². The third-order valence-electron chi connectivity index (χ3n) is 2.19. The first-order valence-corrected chi connectivity index (χ1v) is 5.39. The number of pyridine rings is 1. The summed E-state index contributed by atoms with van der Waals surface area (Å²) in [5.74, 6) is 1.63. The summed E-state index contributed by atoms with van der Waals surface area (Å²) in [6.07, 6.45) is 5.68. The van der Waals surface area contributed by atoms with Gasteiger partial charge in [0.25, 0.3) is 0 Å². The molecule has 0 spiro atoms.